The fourth-order valence-electron chi connectivity index (χ4n) is 7.65. The van der Waals surface area contributed by atoms with Crippen LogP contribution in [0, 0.1) is 0 Å². The lowest BCUT2D eigenvalue weighted by atomic mass is 9.84. The summed E-state index contributed by atoms with van der Waals surface area (Å²) in [5.74, 6) is 0. The van der Waals surface area contributed by atoms with E-state index in [4.69, 9.17) is 46.4 Å². The van der Waals surface area contributed by atoms with Gasteiger partial charge in [-0.05, 0) is 126 Å². The quantitative estimate of drug-likeness (QED) is 0.0398. The first-order valence-corrected chi connectivity index (χ1v) is 24.8. The molecular weight excluding hydrogens is 887 g/mol. The van der Waals surface area contributed by atoms with Crippen molar-refractivity contribution in [2.24, 2.45) is 27.9 Å². The van der Waals surface area contributed by atoms with Crippen molar-refractivity contribution in [3.05, 3.63) is 69.9 Å². The predicted molar refractivity (Wildman–Crippen MR) is 261 cm³/mol. The van der Waals surface area contributed by atoms with Gasteiger partial charge in [-0.3, -0.25) is 9.55 Å². The molecule has 3 fully saturated rings. The third kappa shape index (κ3) is 23.3. The van der Waals surface area contributed by atoms with E-state index in [0.717, 1.165) is 56.9 Å². The van der Waals surface area contributed by atoms with E-state index in [1.165, 1.54) is 27.9 Å². The molecule has 3 aliphatic rings. The second-order valence-corrected chi connectivity index (χ2v) is 19.7. The topological polar surface area (TPSA) is 318 Å². The molecule has 2 aliphatic heterocycles. The normalized spacial score (nSPS) is 32.4. The lowest BCUT2D eigenvalue weighted by Gasteiger charge is -2.47. The van der Waals surface area contributed by atoms with E-state index in [-0.39, 0.29) is 26.0 Å². The van der Waals surface area contributed by atoms with E-state index in [1.807, 2.05) is 13.0 Å². The molecule has 0 aromatic heterocycles. The minimum absolute atomic E-state index is 0.117. The summed E-state index contributed by atoms with van der Waals surface area (Å²) in [6, 6.07) is -3.35. The fraction of sp³-hybridized carbons (Fsp3) is 0.729. The molecule has 0 bridgehead atoms. The zero-order valence-electron chi connectivity index (χ0n) is 41.0. The molecule has 3 rings (SSSR count). The van der Waals surface area contributed by atoms with Crippen LogP contribution in [0.4, 0.5) is 0 Å². The van der Waals surface area contributed by atoms with Crippen molar-refractivity contribution in [1.29, 1.82) is 0 Å². The first-order chi connectivity index (χ1) is 31.4. The summed E-state index contributed by atoms with van der Waals surface area (Å²) in [5, 5.41) is 52.1. The number of nitrogens with two attached hydrogens (primary N) is 4. The summed E-state index contributed by atoms with van der Waals surface area (Å²) in [5.41, 5.74) is 32.4. The summed E-state index contributed by atoms with van der Waals surface area (Å²) in [6.07, 6.45) is 11.2. The van der Waals surface area contributed by atoms with Crippen molar-refractivity contribution < 1.29 is 61.6 Å². The van der Waals surface area contributed by atoms with E-state index < -0.39 is 103 Å². The summed E-state index contributed by atoms with van der Waals surface area (Å²) in [6.45, 7) is 16.2. The number of ether oxygens (including phenoxy) is 4. The summed E-state index contributed by atoms with van der Waals surface area (Å²) < 4.78 is 56.9. The number of nitrogens with zero attached hydrogens (tertiary/aromatic N) is 1. The fourth-order valence-corrected chi connectivity index (χ4v) is 7.89. The van der Waals surface area contributed by atoms with Crippen molar-refractivity contribution in [2.75, 3.05) is 19.8 Å². The van der Waals surface area contributed by atoms with Gasteiger partial charge in [-0.1, -0.05) is 63.8 Å². The van der Waals surface area contributed by atoms with E-state index in [9.17, 15) is 34.0 Å². The number of allylic oxidation sites excluding steroid dienone is 11. The zero-order chi connectivity index (χ0) is 50.4. The number of hydrogen-bond acceptors (Lipinski definition) is 17. The molecule has 1 saturated carbocycles. The Hall–Kier alpha value is -2.54. The van der Waals surface area contributed by atoms with E-state index in [0.29, 0.717) is 0 Å². The number of hydrogen-bond donors (Lipinski definition) is 10. The minimum atomic E-state index is -4.33. The zero-order valence-corrected chi connectivity index (χ0v) is 41.8. The van der Waals surface area contributed by atoms with Gasteiger partial charge in [-0.2, -0.15) is 8.42 Å². The molecule has 19 heteroatoms. The molecule has 14 N–H and O–H groups in total. The highest BCUT2D eigenvalue weighted by molar-refractivity contribution is 7.80. The van der Waals surface area contributed by atoms with Gasteiger partial charge < -0.3 is 67.4 Å². The smallest absolute Gasteiger partial charge is 0.394 e. The van der Waals surface area contributed by atoms with Crippen LogP contribution in [0.5, 0.6) is 0 Å². The maximum Gasteiger partial charge on any atom is 0.397 e. The second-order valence-electron chi connectivity index (χ2n) is 18.7. The molecule has 0 aromatic carbocycles. The standard InChI is InChI=1S/C33H59N5O9.C15H26O4S/c1-17(2)7-5-8-18(3)9-6-10-19(4)11-12-38-15-24-23(40)14-22(36)32(44-24)46-30-20(34)13-21(35)31(29(30)43)47-33-28(42)26(37)27(41)25(16-39)45-33;1-13(2)7-5-8-14(3)9-6-10-15(4)11-12-19-20(16,17)18/h7,9,11-12,20-33,39-43H,5-6,8,10,13-16,34-37H2,1-4H3;7,9,11H,5-6,8,10,12H2,1-4H3,(H,16,17,18)/b18-9+,19-11+,38-12?;14-9+,15-11+. The van der Waals surface area contributed by atoms with Crippen LogP contribution in [0.15, 0.2) is 74.9 Å². The van der Waals surface area contributed by atoms with Gasteiger partial charge in [0, 0.05) is 18.3 Å². The Morgan fingerprint density at radius 3 is 1.61 bits per heavy atom. The third-order valence-electron chi connectivity index (χ3n) is 11.8. The van der Waals surface area contributed by atoms with Crippen molar-refractivity contribution in [3.8, 4) is 0 Å². The van der Waals surface area contributed by atoms with Gasteiger partial charge in [0.15, 0.2) is 12.6 Å². The molecule has 2 saturated heterocycles. The monoisotopic (exact) mass is 972 g/mol. The first kappa shape index (κ1) is 60.6. The first-order valence-electron chi connectivity index (χ1n) is 23.4. The van der Waals surface area contributed by atoms with E-state index in [2.05, 4.69) is 81.9 Å². The van der Waals surface area contributed by atoms with Crippen LogP contribution in [0.2, 0.25) is 0 Å². The average molecular weight is 972 g/mol. The van der Waals surface area contributed by atoms with Crippen LogP contribution in [-0.4, -0.2) is 150 Å². The molecule has 67 heavy (non-hydrogen) atoms. The largest absolute Gasteiger partial charge is 0.397 e. The van der Waals surface area contributed by atoms with Crippen LogP contribution < -0.4 is 22.9 Å². The molecule has 0 radical (unpaired) electrons. The van der Waals surface area contributed by atoms with E-state index in [1.54, 1.807) is 12.3 Å². The van der Waals surface area contributed by atoms with Gasteiger partial charge in [-0.25, -0.2) is 4.18 Å². The Balaban J connectivity index is 0.000000647. The van der Waals surface area contributed by atoms with Gasteiger partial charge >= 0.3 is 10.4 Å². The Labute approximate surface area is 399 Å². The van der Waals surface area contributed by atoms with Gasteiger partial charge in [0.25, 0.3) is 0 Å². The highest BCUT2D eigenvalue weighted by Gasteiger charge is 2.50. The molecule has 2 heterocycles. The maximum absolute atomic E-state index is 11.3. The summed E-state index contributed by atoms with van der Waals surface area (Å²) >= 11 is 0. The number of aliphatic hydroxyl groups excluding tert-OH is 5. The molecular formula is C48H85N5O13S. The van der Waals surface area contributed by atoms with Gasteiger partial charge in [-0.15, -0.1) is 0 Å². The molecule has 1 aliphatic carbocycles. The average Bonchev–Trinajstić information content (AvgIpc) is 3.23. The lowest BCUT2D eigenvalue weighted by molar-refractivity contribution is -0.314. The highest BCUT2D eigenvalue weighted by Crippen LogP contribution is 2.31. The van der Waals surface area contributed by atoms with Gasteiger partial charge in [0.2, 0.25) is 0 Å². The highest BCUT2D eigenvalue weighted by atomic mass is 32.3. The van der Waals surface area contributed by atoms with Crippen LogP contribution in [0.1, 0.15) is 120 Å². The Bertz CT molecular complexity index is 1790. The molecule has 386 valence electrons. The Morgan fingerprint density at radius 2 is 1.10 bits per heavy atom. The van der Waals surface area contributed by atoms with Crippen LogP contribution in [-0.2, 0) is 33.5 Å². The molecule has 18 nitrogen and oxygen atoms in total. The molecule has 0 spiro atoms. The lowest BCUT2D eigenvalue weighted by Crippen LogP contribution is -2.68. The summed E-state index contributed by atoms with van der Waals surface area (Å²) in [4.78, 5) is 4.44. The predicted octanol–water partition coefficient (Wildman–Crippen LogP) is 3.46. The number of aliphatic hydroxyl groups is 5. The Morgan fingerprint density at radius 1 is 0.627 bits per heavy atom. The molecule has 0 amide bonds. The maximum atomic E-state index is 11.3. The van der Waals surface area contributed by atoms with Crippen molar-refractivity contribution >= 4 is 16.6 Å². The van der Waals surface area contributed by atoms with Gasteiger partial charge in [0.05, 0.1) is 37.9 Å². The van der Waals surface area contributed by atoms with Crippen molar-refractivity contribution in [1.82, 2.24) is 0 Å². The number of rotatable bonds is 23. The SMILES string of the molecule is CC(C)=CCC/C(C)=C/CC/C(C)=C/C=NCC1OC(OC2C(N)CC(N)C(OC3OC(CO)C(O)C(N)C3O)C2O)C(N)CC1O.CC(C)=CCC/C(C)=C/CC/C(C)=C/COS(=O)(=O)O. The van der Waals surface area contributed by atoms with Crippen LogP contribution in [0.25, 0.3) is 0 Å². The Kier molecular flexibility index (Phi) is 28.0. The van der Waals surface area contributed by atoms with Gasteiger partial charge in [0.1, 0.15) is 42.7 Å². The van der Waals surface area contributed by atoms with Crippen molar-refractivity contribution in [2.45, 2.75) is 205 Å². The van der Waals surface area contributed by atoms with E-state index >= 15 is 0 Å². The van der Waals surface area contributed by atoms with Crippen LogP contribution in [0.3, 0.4) is 0 Å². The summed E-state index contributed by atoms with van der Waals surface area (Å²) in [7, 11) is -4.33. The third-order valence-corrected chi connectivity index (χ3v) is 12.3. The molecule has 14 atom stereocenters. The molecule has 0 aromatic rings. The second kappa shape index (κ2) is 30.9. The number of aliphatic imine (C=N–C) groups is 1. The molecule has 14 unspecified atom stereocenters. The van der Waals surface area contributed by atoms with Crippen LogP contribution >= 0.6 is 0 Å². The minimum Gasteiger partial charge on any atom is -0.394 e. The van der Waals surface area contributed by atoms with Crippen molar-refractivity contribution in [3.63, 3.8) is 0 Å².